The monoisotopic (exact) mass is 233 g/mol. The van der Waals surface area contributed by atoms with Crippen LogP contribution < -0.4 is 11.3 Å². The molecule has 0 bridgehead atoms. The third kappa shape index (κ3) is 6.51. The van der Waals surface area contributed by atoms with Gasteiger partial charge in [-0.25, -0.2) is 10.2 Å². The van der Waals surface area contributed by atoms with Gasteiger partial charge >= 0.3 is 0 Å². The van der Waals surface area contributed by atoms with Gasteiger partial charge < -0.3 is 5.43 Å². The molecule has 0 aromatic heterocycles. The molecule has 0 saturated carbocycles. The Labute approximate surface area is 65.3 Å². The van der Waals surface area contributed by atoms with Crippen molar-refractivity contribution >= 4 is 42.6 Å². The van der Waals surface area contributed by atoms with Crippen LogP contribution in [0.1, 0.15) is 6.92 Å². The molecule has 0 fully saturated rings. The van der Waals surface area contributed by atoms with Crippen molar-refractivity contribution in [1.29, 1.82) is 0 Å². The molecule has 0 aliphatic heterocycles. The van der Waals surface area contributed by atoms with Crippen molar-refractivity contribution in [1.82, 2.24) is 5.43 Å². The number of nitrogens with two attached hydrogens (primary N) is 1. The highest BCUT2D eigenvalue weighted by Gasteiger charge is 1.72. The number of halogens is 1. The Hall–Kier alpha value is 0.510. The van der Waals surface area contributed by atoms with E-state index < -0.39 is 0 Å². The van der Waals surface area contributed by atoms with Gasteiger partial charge in [-0.3, -0.25) is 0 Å². The summed E-state index contributed by atoms with van der Waals surface area (Å²) >= 11 is 3.54. The largest absolute Gasteiger partial charge is 0.312 e. The first-order valence-corrected chi connectivity index (χ1v) is 1.86. The van der Waals surface area contributed by atoms with Crippen LogP contribution in [-0.4, -0.2) is 5.84 Å². The number of thiol groups is 1. The Morgan fingerprint density at radius 2 is 2.29 bits per heavy atom. The van der Waals surface area contributed by atoms with Crippen LogP contribution in [0.25, 0.3) is 0 Å². The van der Waals surface area contributed by atoms with E-state index in [1.807, 2.05) is 0 Å². The minimum atomic E-state index is 0. The van der Waals surface area contributed by atoms with Gasteiger partial charge in [-0.15, -0.1) is 24.0 Å². The SMILES string of the molecule is C/C(=N\S)NN.I. The van der Waals surface area contributed by atoms with Crippen molar-refractivity contribution in [3.05, 3.63) is 0 Å². The van der Waals surface area contributed by atoms with Crippen LogP contribution in [0.15, 0.2) is 4.40 Å². The topological polar surface area (TPSA) is 50.4 Å². The molecule has 0 aliphatic rings. The molecule has 0 aromatic carbocycles. The van der Waals surface area contributed by atoms with Crippen molar-refractivity contribution in [2.24, 2.45) is 10.2 Å². The zero-order chi connectivity index (χ0) is 4.99. The molecule has 0 atom stereocenters. The maximum atomic E-state index is 4.85. The molecule has 5 heteroatoms. The highest BCUT2D eigenvalue weighted by atomic mass is 127. The van der Waals surface area contributed by atoms with Crippen LogP contribution in [0, 0.1) is 0 Å². The van der Waals surface area contributed by atoms with E-state index in [9.17, 15) is 0 Å². The Morgan fingerprint density at radius 1 is 1.86 bits per heavy atom. The van der Waals surface area contributed by atoms with Crippen LogP contribution in [0.3, 0.4) is 0 Å². The van der Waals surface area contributed by atoms with E-state index in [-0.39, 0.29) is 24.0 Å². The van der Waals surface area contributed by atoms with E-state index in [1.165, 1.54) is 0 Å². The predicted molar refractivity (Wildman–Crippen MR) is 44.8 cm³/mol. The van der Waals surface area contributed by atoms with E-state index >= 15 is 0 Å². The summed E-state index contributed by atoms with van der Waals surface area (Å²) in [5.74, 6) is 5.46. The van der Waals surface area contributed by atoms with E-state index in [0.717, 1.165) is 0 Å². The number of hydrogen-bond donors (Lipinski definition) is 3. The third-order valence-corrected chi connectivity index (χ3v) is 0.659. The summed E-state index contributed by atoms with van der Waals surface area (Å²) in [5, 5.41) is 0. The lowest BCUT2D eigenvalue weighted by molar-refractivity contribution is 1.02. The van der Waals surface area contributed by atoms with Gasteiger partial charge in [0.1, 0.15) is 5.84 Å². The van der Waals surface area contributed by atoms with Crippen LogP contribution >= 0.6 is 36.8 Å². The fourth-order valence-corrected chi connectivity index (χ4v) is 0.0866. The van der Waals surface area contributed by atoms with E-state index in [1.54, 1.807) is 6.92 Å². The van der Waals surface area contributed by atoms with Crippen LogP contribution in [-0.2, 0) is 0 Å². The highest BCUT2D eigenvalue weighted by molar-refractivity contribution is 14.0. The molecular formula is C2H8IN3S. The molecule has 3 nitrogen and oxygen atoms in total. The number of hydrogen-bond acceptors (Lipinski definition) is 3. The second-order valence-corrected chi connectivity index (χ2v) is 1.03. The fraction of sp³-hybridized carbons (Fsp3) is 0.500. The zero-order valence-corrected chi connectivity index (χ0v) is 7.10. The normalized spacial score (nSPS) is 9.86. The summed E-state index contributed by atoms with van der Waals surface area (Å²) in [6.45, 7) is 1.72. The standard InChI is InChI=1S/C2H7N3S.HI/c1-2(4-3)5-6;/h6H,3H2,1H3,(H,4,5);1H. The molecule has 0 amide bonds. The number of nitrogens with one attached hydrogen (secondary N) is 1. The lowest BCUT2D eigenvalue weighted by atomic mass is 10.7. The second kappa shape index (κ2) is 6.51. The molecular weight excluding hydrogens is 225 g/mol. The minimum absolute atomic E-state index is 0. The summed E-state index contributed by atoms with van der Waals surface area (Å²) in [6.07, 6.45) is 0. The molecule has 44 valence electrons. The first-order valence-electron chi connectivity index (χ1n) is 1.46. The number of hydrazine groups is 1. The Kier molecular flexibility index (Phi) is 9.75. The summed E-state index contributed by atoms with van der Waals surface area (Å²) < 4.78 is 3.38. The van der Waals surface area contributed by atoms with Gasteiger partial charge in [0, 0.05) is 0 Å². The lowest BCUT2D eigenvalue weighted by Crippen LogP contribution is -2.26. The predicted octanol–water partition coefficient (Wildman–Crippen LogP) is 0.331. The first-order chi connectivity index (χ1) is 2.81. The molecule has 0 unspecified atom stereocenters. The second-order valence-electron chi connectivity index (χ2n) is 0.830. The molecule has 3 N–H and O–H groups in total. The zero-order valence-electron chi connectivity index (χ0n) is 3.88. The van der Waals surface area contributed by atoms with Crippen LogP contribution in [0.2, 0.25) is 0 Å². The fourth-order valence-electron chi connectivity index (χ4n) is 0.0289. The molecule has 0 rings (SSSR count). The van der Waals surface area contributed by atoms with Crippen LogP contribution in [0.5, 0.6) is 0 Å². The highest BCUT2D eigenvalue weighted by Crippen LogP contribution is 1.71. The van der Waals surface area contributed by atoms with Gasteiger partial charge in [-0.05, 0) is 19.7 Å². The summed E-state index contributed by atoms with van der Waals surface area (Å²) in [6, 6.07) is 0. The van der Waals surface area contributed by atoms with E-state index in [0.29, 0.717) is 5.84 Å². The van der Waals surface area contributed by atoms with Gasteiger partial charge in [0.05, 0.1) is 0 Å². The number of amidine groups is 1. The van der Waals surface area contributed by atoms with Crippen LogP contribution in [0.4, 0.5) is 0 Å². The minimum Gasteiger partial charge on any atom is -0.312 e. The van der Waals surface area contributed by atoms with Gasteiger partial charge in [-0.1, -0.05) is 0 Å². The Balaban J connectivity index is 0. The average molecular weight is 233 g/mol. The average Bonchev–Trinajstić information content (AvgIpc) is 1.65. The summed E-state index contributed by atoms with van der Waals surface area (Å²) in [5.41, 5.74) is 2.29. The quantitative estimate of drug-likeness (QED) is 0.141. The van der Waals surface area contributed by atoms with Crippen molar-refractivity contribution < 1.29 is 0 Å². The first kappa shape index (κ1) is 10.5. The summed E-state index contributed by atoms with van der Waals surface area (Å²) in [4.78, 5) is 0. The summed E-state index contributed by atoms with van der Waals surface area (Å²) in [7, 11) is 0. The molecule has 0 radical (unpaired) electrons. The molecule has 0 aromatic rings. The Morgan fingerprint density at radius 3 is 2.29 bits per heavy atom. The van der Waals surface area contributed by atoms with Crippen molar-refractivity contribution in [2.45, 2.75) is 6.92 Å². The molecule has 0 heterocycles. The molecule has 0 aliphatic carbocycles. The van der Waals surface area contributed by atoms with E-state index in [2.05, 4.69) is 22.6 Å². The molecule has 0 spiro atoms. The molecule has 7 heavy (non-hydrogen) atoms. The van der Waals surface area contributed by atoms with Crippen molar-refractivity contribution in [2.75, 3.05) is 0 Å². The van der Waals surface area contributed by atoms with Gasteiger partial charge in [0.25, 0.3) is 0 Å². The number of rotatable bonds is 0. The smallest absolute Gasteiger partial charge is 0.120 e. The maximum Gasteiger partial charge on any atom is 0.120 e. The third-order valence-electron chi connectivity index (χ3n) is 0.359. The van der Waals surface area contributed by atoms with Gasteiger partial charge in [-0.2, -0.15) is 0 Å². The van der Waals surface area contributed by atoms with E-state index in [4.69, 9.17) is 5.84 Å². The van der Waals surface area contributed by atoms with Gasteiger partial charge in [0.2, 0.25) is 0 Å². The lowest BCUT2D eigenvalue weighted by Gasteiger charge is -1.89. The number of nitrogens with zero attached hydrogens (tertiary/aromatic N) is 1. The maximum absolute atomic E-state index is 4.85. The Bertz CT molecular complexity index is 64.0. The van der Waals surface area contributed by atoms with Crippen molar-refractivity contribution in [3.8, 4) is 0 Å². The van der Waals surface area contributed by atoms with Gasteiger partial charge in [0.15, 0.2) is 0 Å². The van der Waals surface area contributed by atoms with Crippen molar-refractivity contribution in [3.63, 3.8) is 0 Å². The molecule has 0 saturated heterocycles.